The Bertz CT molecular complexity index is 271. The first-order chi connectivity index (χ1) is 5.22. The molecule has 0 radical (unpaired) electrons. The third-order valence-corrected chi connectivity index (χ3v) is 3.67. The summed E-state index contributed by atoms with van der Waals surface area (Å²) in [7, 11) is 0. The largest absolute Gasteiger partial charge is 0.382 e. The minimum atomic E-state index is -0.667. The van der Waals surface area contributed by atoms with Gasteiger partial charge in [0.1, 0.15) is 10.2 Å². The molecule has 1 aliphatic rings. The Morgan fingerprint density at radius 3 is 2.82 bits per heavy atom. The van der Waals surface area contributed by atoms with E-state index in [-0.39, 0.29) is 0 Å². The predicted octanol–water partition coefficient (Wildman–Crippen LogP) is 0.696. The van der Waals surface area contributed by atoms with Crippen LogP contribution in [0.4, 0.5) is 0 Å². The molecule has 11 heavy (non-hydrogen) atoms. The van der Waals surface area contributed by atoms with E-state index in [4.69, 9.17) is 0 Å². The molecule has 5 heteroatoms. The maximum absolute atomic E-state index is 9.83. The molecule has 0 spiro atoms. The molecule has 3 nitrogen and oxygen atoms in total. The van der Waals surface area contributed by atoms with Crippen LogP contribution >= 0.6 is 27.3 Å². The molecule has 0 aromatic carbocycles. The molecule has 2 N–H and O–H groups in total. The second-order valence-electron chi connectivity index (χ2n) is 2.61. The van der Waals surface area contributed by atoms with Crippen molar-refractivity contribution in [2.75, 3.05) is 13.1 Å². The normalized spacial score (nSPS) is 21.3. The monoisotopic (exact) mass is 234 g/mol. The van der Waals surface area contributed by atoms with Crippen LogP contribution in [0, 0.1) is 0 Å². The molecule has 1 aromatic heterocycles. The standard InChI is InChI=1S/C6H7BrN2OS/c7-5-4(11-3-9-5)6(10)1-8-2-6/h3,8,10H,1-2H2. The molecule has 1 saturated heterocycles. The molecule has 0 amide bonds. The average Bonchev–Trinajstić information content (AvgIpc) is 2.30. The summed E-state index contributed by atoms with van der Waals surface area (Å²) in [5.41, 5.74) is 1.07. The summed E-state index contributed by atoms with van der Waals surface area (Å²) in [5.74, 6) is 0. The van der Waals surface area contributed by atoms with Gasteiger partial charge in [-0.15, -0.1) is 11.3 Å². The SMILES string of the molecule is OC1(c2scnc2Br)CNC1. The number of rotatable bonds is 1. The van der Waals surface area contributed by atoms with Crippen molar-refractivity contribution >= 4 is 27.3 Å². The summed E-state index contributed by atoms with van der Waals surface area (Å²) >= 11 is 4.77. The number of hydrogen-bond donors (Lipinski definition) is 2. The molecule has 0 aliphatic carbocycles. The van der Waals surface area contributed by atoms with Crippen LogP contribution < -0.4 is 5.32 Å². The lowest BCUT2D eigenvalue weighted by Gasteiger charge is -2.36. The summed E-state index contributed by atoms with van der Waals surface area (Å²) in [6.45, 7) is 1.27. The van der Waals surface area contributed by atoms with Gasteiger partial charge in [0.2, 0.25) is 0 Å². The molecule has 2 rings (SSSR count). The van der Waals surface area contributed by atoms with Gasteiger partial charge in [-0.05, 0) is 15.9 Å². The Labute approximate surface area is 76.6 Å². The van der Waals surface area contributed by atoms with Crippen molar-refractivity contribution in [3.05, 3.63) is 15.0 Å². The summed E-state index contributed by atoms with van der Waals surface area (Å²) in [4.78, 5) is 4.94. The van der Waals surface area contributed by atoms with E-state index in [1.807, 2.05) is 0 Å². The summed E-state index contributed by atoms with van der Waals surface area (Å²) < 4.78 is 0.770. The highest BCUT2D eigenvalue weighted by Crippen LogP contribution is 2.33. The Morgan fingerprint density at radius 1 is 1.73 bits per heavy atom. The molecule has 0 saturated carbocycles. The van der Waals surface area contributed by atoms with Gasteiger partial charge in [0, 0.05) is 13.1 Å². The van der Waals surface area contributed by atoms with Gasteiger partial charge in [0.15, 0.2) is 0 Å². The smallest absolute Gasteiger partial charge is 0.126 e. The van der Waals surface area contributed by atoms with Crippen molar-refractivity contribution in [1.82, 2.24) is 10.3 Å². The van der Waals surface area contributed by atoms with E-state index < -0.39 is 5.60 Å². The van der Waals surface area contributed by atoms with Gasteiger partial charge >= 0.3 is 0 Å². The van der Waals surface area contributed by atoms with Gasteiger partial charge in [-0.2, -0.15) is 0 Å². The van der Waals surface area contributed by atoms with Crippen molar-refractivity contribution in [1.29, 1.82) is 0 Å². The van der Waals surface area contributed by atoms with Crippen LogP contribution in [0.1, 0.15) is 4.88 Å². The maximum atomic E-state index is 9.83. The van der Waals surface area contributed by atoms with Crippen molar-refractivity contribution in [2.24, 2.45) is 0 Å². The number of halogens is 1. The average molecular weight is 235 g/mol. The van der Waals surface area contributed by atoms with Gasteiger partial charge in [-0.25, -0.2) is 4.98 Å². The van der Waals surface area contributed by atoms with Crippen molar-refractivity contribution in [2.45, 2.75) is 5.60 Å². The highest BCUT2D eigenvalue weighted by atomic mass is 79.9. The van der Waals surface area contributed by atoms with Gasteiger partial charge < -0.3 is 10.4 Å². The zero-order valence-electron chi connectivity index (χ0n) is 5.67. The number of nitrogens with zero attached hydrogens (tertiary/aromatic N) is 1. The second kappa shape index (κ2) is 2.52. The Balaban J connectivity index is 2.35. The van der Waals surface area contributed by atoms with E-state index in [0.29, 0.717) is 13.1 Å². The third kappa shape index (κ3) is 1.12. The second-order valence-corrected chi connectivity index (χ2v) is 4.21. The van der Waals surface area contributed by atoms with E-state index in [1.54, 1.807) is 5.51 Å². The molecule has 0 atom stereocenters. The van der Waals surface area contributed by atoms with Crippen molar-refractivity contribution in [3.8, 4) is 0 Å². The Kier molecular flexibility index (Phi) is 1.75. The van der Waals surface area contributed by atoms with Gasteiger partial charge in [-0.3, -0.25) is 0 Å². The molecule has 0 unspecified atom stereocenters. The molecule has 1 aliphatic heterocycles. The van der Waals surface area contributed by atoms with E-state index in [0.717, 1.165) is 9.48 Å². The highest BCUT2D eigenvalue weighted by molar-refractivity contribution is 9.10. The third-order valence-electron chi connectivity index (χ3n) is 1.78. The van der Waals surface area contributed by atoms with Crippen LogP contribution in [0.3, 0.4) is 0 Å². The number of hydrogen-bond acceptors (Lipinski definition) is 4. The van der Waals surface area contributed by atoms with Gasteiger partial charge in [-0.1, -0.05) is 0 Å². The maximum Gasteiger partial charge on any atom is 0.126 e. The van der Waals surface area contributed by atoms with Crippen LogP contribution in [-0.2, 0) is 5.60 Å². The summed E-state index contributed by atoms with van der Waals surface area (Å²) in [6.07, 6.45) is 0. The van der Waals surface area contributed by atoms with Crippen LogP contribution in [0.25, 0.3) is 0 Å². The molecule has 1 aromatic rings. The molecular weight excluding hydrogens is 228 g/mol. The van der Waals surface area contributed by atoms with Gasteiger partial charge in [0.25, 0.3) is 0 Å². The molecule has 1 fully saturated rings. The summed E-state index contributed by atoms with van der Waals surface area (Å²) in [5, 5.41) is 12.9. The van der Waals surface area contributed by atoms with Crippen LogP contribution in [0.15, 0.2) is 10.1 Å². The zero-order valence-corrected chi connectivity index (χ0v) is 8.07. The lowest BCUT2D eigenvalue weighted by atomic mass is 9.96. The number of nitrogens with one attached hydrogen (secondary N) is 1. The van der Waals surface area contributed by atoms with E-state index in [2.05, 4.69) is 26.2 Å². The number of thiazole rings is 1. The zero-order chi connectivity index (χ0) is 7.90. The van der Waals surface area contributed by atoms with E-state index >= 15 is 0 Å². The van der Waals surface area contributed by atoms with Crippen LogP contribution in [0.5, 0.6) is 0 Å². The van der Waals surface area contributed by atoms with Crippen LogP contribution in [-0.4, -0.2) is 23.2 Å². The molecular formula is C6H7BrN2OS. The first-order valence-corrected chi connectivity index (χ1v) is 4.92. The molecule has 60 valence electrons. The fraction of sp³-hybridized carbons (Fsp3) is 0.500. The number of β-amino-alcohol motifs (C(OH)–C–C–N with tert-alkyl or cyclic N) is 1. The fourth-order valence-electron chi connectivity index (χ4n) is 1.06. The quantitative estimate of drug-likeness (QED) is 0.753. The molecule has 2 heterocycles. The topological polar surface area (TPSA) is 45.2 Å². The summed E-state index contributed by atoms with van der Waals surface area (Å²) in [6, 6.07) is 0. The van der Waals surface area contributed by atoms with Crippen LogP contribution in [0.2, 0.25) is 0 Å². The lowest BCUT2D eigenvalue weighted by molar-refractivity contribution is -0.0120. The lowest BCUT2D eigenvalue weighted by Crippen LogP contribution is -2.56. The Hall–Kier alpha value is 0.0300. The minimum Gasteiger partial charge on any atom is -0.382 e. The first kappa shape index (κ1) is 7.67. The first-order valence-electron chi connectivity index (χ1n) is 3.25. The number of aliphatic hydroxyl groups is 1. The van der Waals surface area contributed by atoms with Crippen molar-refractivity contribution in [3.63, 3.8) is 0 Å². The van der Waals surface area contributed by atoms with Crippen molar-refractivity contribution < 1.29 is 5.11 Å². The van der Waals surface area contributed by atoms with Gasteiger partial charge in [0.05, 0.1) is 10.4 Å². The fourth-order valence-corrected chi connectivity index (χ4v) is 2.72. The molecule has 0 bridgehead atoms. The Morgan fingerprint density at radius 2 is 2.45 bits per heavy atom. The highest BCUT2D eigenvalue weighted by Gasteiger charge is 2.39. The van der Waals surface area contributed by atoms with E-state index in [1.165, 1.54) is 11.3 Å². The minimum absolute atomic E-state index is 0.633. The number of aromatic nitrogens is 1. The van der Waals surface area contributed by atoms with E-state index in [9.17, 15) is 5.11 Å². The predicted molar refractivity (Wildman–Crippen MR) is 46.6 cm³/mol.